The minimum atomic E-state index is -0.857. The largest absolute Gasteiger partial charge is 0.355 e. The van der Waals surface area contributed by atoms with Gasteiger partial charge in [-0.3, -0.25) is 14.4 Å². The van der Waals surface area contributed by atoms with Crippen molar-refractivity contribution in [3.8, 4) is 0 Å². The van der Waals surface area contributed by atoms with Crippen LogP contribution in [0.4, 0.5) is 4.79 Å². The molecule has 0 aromatic carbocycles. The number of nitrogens with zero attached hydrogens (tertiary/aromatic N) is 3. The van der Waals surface area contributed by atoms with E-state index in [-0.39, 0.29) is 13.1 Å². The van der Waals surface area contributed by atoms with Gasteiger partial charge in [-0.1, -0.05) is 25.5 Å². The van der Waals surface area contributed by atoms with Crippen molar-refractivity contribution in [1.29, 1.82) is 0 Å². The third-order valence-corrected chi connectivity index (χ3v) is 5.45. The molecule has 0 aromatic heterocycles. The predicted octanol–water partition coefficient (Wildman–Crippen LogP) is 1.64. The fourth-order valence-electron chi connectivity index (χ4n) is 3.82. The zero-order valence-corrected chi connectivity index (χ0v) is 16.3. The Morgan fingerprint density at radius 1 is 1.11 bits per heavy atom. The molecule has 2 unspecified atom stereocenters. The van der Waals surface area contributed by atoms with Gasteiger partial charge in [0.05, 0.1) is 25.0 Å². The first-order valence-corrected chi connectivity index (χ1v) is 9.95. The first-order valence-electron chi connectivity index (χ1n) is 9.95. The van der Waals surface area contributed by atoms with Crippen molar-refractivity contribution in [2.75, 3.05) is 19.7 Å². The molecule has 0 radical (unpaired) electrons. The number of hydrogen-bond acceptors (Lipinski definition) is 6. The third kappa shape index (κ3) is 3.76. The molecule has 28 heavy (non-hydrogen) atoms. The van der Waals surface area contributed by atoms with Gasteiger partial charge in [0, 0.05) is 6.54 Å². The van der Waals surface area contributed by atoms with Crippen molar-refractivity contribution >= 4 is 23.8 Å². The van der Waals surface area contributed by atoms with Crippen molar-refractivity contribution in [1.82, 2.24) is 15.0 Å². The summed E-state index contributed by atoms with van der Waals surface area (Å²) < 4.78 is 0. The van der Waals surface area contributed by atoms with Crippen LogP contribution in [0.15, 0.2) is 12.2 Å². The highest BCUT2D eigenvalue weighted by atomic mass is 16.7. The smallest absolute Gasteiger partial charge is 0.328 e. The Balaban J connectivity index is 1.63. The normalized spacial score (nSPS) is 27.4. The third-order valence-electron chi connectivity index (χ3n) is 5.45. The number of urea groups is 1. The molecule has 9 heteroatoms. The zero-order chi connectivity index (χ0) is 20.3. The lowest BCUT2D eigenvalue weighted by atomic mass is 9.85. The average molecular weight is 393 g/mol. The number of imide groups is 1. The fourth-order valence-corrected chi connectivity index (χ4v) is 3.82. The minimum absolute atomic E-state index is 0.246. The number of fused-ring (bicyclic) bond motifs is 1. The van der Waals surface area contributed by atoms with Crippen LogP contribution in [0.2, 0.25) is 0 Å². The summed E-state index contributed by atoms with van der Waals surface area (Å²) in [4.78, 5) is 62.3. The summed E-state index contributed by atoms with van der Waals surface area (Å²) in [5, 5.41) is 1.86. The van der Waals surface area contributed by atoms with E-state index >= 15 is 0 Å². The molecule has 9 nitrogen and oxygen atoms in total. The SMILES string of the molecule is CCCCON1CC[C@@H](C(=O)ON2C(=O)C3CC=CCC3C2=O)N(CC)C1=O. The number of likely N-dealkylation sites (N-methyl/N-ethyl adjacent to an activating group) is 1. The van der Waals surface area contributed by atoms with Gasteiger partial charge in [-0.05, 0) is 32.6 Å². The van der Waals surface area contributed by atoms with E-state index in [0.717, 1.165) is 12.8 Å². The summed E-state index contributed by atoms with van der Waals surface area (Å²) in [5.74, 6) is -2.67. The standard InChI is InChI=1S/C19H27N3O6/c1-3-5-12-27-21-11-10-15(20(4-2)19(21)26)18(25)28-22-16(23)13-8-6-7-9-14(13)17(22)24/h6-7,13-15H,3-5,8-12H2,1-2H3/t13?,14?,15-/m0/s1. The van der Waals surface area contributed by atoms with E-state index in [0.29, 0.717) is 30.9 Å². The number of hydrogen-bond donors (Lipinski definition) is 0. The summed E-state index contributed by atoms with van der Waals surface area (Å²) in [6, 6.07) is -1.27. The Bertz CT molecular complexity index is 653. The molecule has 154 valence electrons. The first-order chi connectivity index (χ1) is 13.5. The Labute approximate surface area is 164 Å². The summed E-state index contributed by atoms with van der Waals surface area (Å²) in [5.41, 5.74) is 0. The van der Waals surface area contributed by atoms with Crippen molar-refractivity contribution in [2.45, 2.75) is 52.0 Å². The second-order valence-corrected chi connectivity index (χ2v) is 7.20. The maximum absolute atomic E-state index is 12.7. The number of amides is 4. The maximum Gasteiger partial charge on any atom is 0.355 e. The molecular weight excluding hydrogens is 366 g/mol. The maximum atomic E-state index is 12.7. The van der Waals surface area contributed by atoms with Crippen LogP contribution in [-0.2, 0) is 24.1 Å². The van der Waals surface area contributed by atoms with Crippen molar-refractivity contribution < 1.29 is 28.9 Å². The van der Waals surface area contributed by atoms with Gasteiger partial charge in [0.15, 0.2) is 0 Å². The molecule has 2 heterocycles. The van der Waals surface area contributed by atoms with Crippen LogP contribution in [0, 0.1) is 11.8 Å². The molecule has 0 spiro atoms. The van der Waals surface area contributed by atoms with E-state index in [1.54, 1.807) is 6.92 Å². The van der Waals surface area contributed by atoms with Crippen LogP contribution < -0.4 is 0 Å². The molecule has 3 atom stereocenters. The second-order valence-electron chi connectivity index (χ2n) is 7.20. The summed E-state index contributed by atoms with van der Waals surface area (Å²) in [6.07, 6.45) is 6.75. The van der Waals surface area contributed by atoms with Crippen molar-refractivity contribution in [3.05, 3.63) is 12.2 Å². The highest BCUT2D eigenvalue weighted by molar-refractivity contribution is 6.05. The molecule has 2 fully saturated rings. The molecule has 2 aliphatic heterocycles. The molecule has 3 aliphatic rings. The number of carbonyl (C=O) groups is 4. The highest BCUT2D eigenvalue weighted by Crippen LogP contribution is 2.35. The van der Waals surface area contributed by atoms with Gasteiger partial charge in [-0.25, -0.2) is 14.7 Å². The molecule has 0 saturated carbocycles. The summed E-state index contributed by atoms with van der Waals surface area (Å²) >= 11 is 0. The van der Waals surface area contributed by atoms with Gasteiger partial charge < -0.3 is 9.74 Å². The Hall–Kier alpha value is -2.42. The Morgan fingerprint density at radius 2 is 1.75 bits per heavy atom. The van der Waals surface area contributed by atoms with E-state index in [4.69, 9.17) is 9.68 Å². The van der Waals surface area contributed by atoms with E-state index in [9.17, 15) is 19.2 Å². The van der Waals surface area contributed by atoms with Gasteiger partial charge in [0.25, 0.3) is 11.8 Å². The minimum Gasteiger partial charge on any atom is -0.328 e. The fraction of sp³-hybridized carbons (Fsp3) is 0.684. The Kier molecular flexibility index (Phi) is 6.33. The topological polar surface area (TPSA) is 96.5 Å². The molecule has 1 aliphatic carbocycles. The quantitative estimate of drug-likeness (QED) is 0.371. The summed E-state index contributed by atoms with van der Waals surface area (Å²) in [7, 11) is 0. The molecule has 2 saturated heterocycles. The Morgan fingerprint density at radius 3 is 2.32 bits per heavy atom. The predicted molar refractivity (Wildman–Crippen MR) is 97.0 cm³/mol. The van der Waals surface area contributed by atoms with Gasteiger partial charge >= 0.3 is 12.0 Å². The zero-order valence-electron chi connectivity index (χ0n) is 16.3. The van der Waals surface area contributed by atoms with Crippen LogP contribution in [0.3, 0.4) is 0 Å². The van der Waals surface area contributed by atoms with Gasteiger partial charge in [0.1, 0.15) is 6.04 Å². The van der Waals surface area contributed by atoms with Crippen molar-refractivity contribution in [3.63, 3.8) is 0 Å². The lowest BCUT2D eigenvalue weighted by Gasteiger charge is -2.38. The van der Waals surface area contributed by atoms with Crippen LogP contribution in [0.25, 0.3) is 0 Å². The number of allylic oxidation sites excluding steroid dienone is 2. The van der Waals surface area contributed by atoms with E-state index in [1.165, 1.54) is 9.96 Å². The molecule has 0 bridgehead atoms. The number of rotatable bonds is 7. The van der Waals surface area contributed by atoms with Crippen LogP contribution in [0.1, 0.15) is 46.0 Å². The van der Waals surface area contributed by atoms with Crippen LogP contribution in [0.5, 0.6) is 0 Å². The number of carbonyl (C=O) groups excluding carboxylic acids is 4. The van der Waals surface area contributed by atoms with E-state index in [1.807, 2.05) is 19.1 Å². The molecular formula is C19H27N3O6. The van der Waals surface area contributed by atoms with Gasteiger partial charge in [0.2, 0.25) is 0 Å². The van der Waals surface area contributed by atoms with Gasteiger partial charge in [-0.2, -0.15) is 0 Å². The van der Waals surface area contributed by atoms with Crippen LogP contribution >= 0.6 is 0 Å². The molecule has 3 rings (SSSR count). The molecule has 4 amide bonds. The van der Waals surface area contributed by atoms with Crippen LogP contribution in [-0.4, -0.2) is 64.6 Å². The second kappa shape index (κ2) is 8.72. The van der Waals surface area contributed by atoms with E-state index in [2.05, 4.69) is 0 Å². The molecule has 0 N–H and O–H groups in total. The highest BCUT2D eigenvalue weighted by Gasteiger charge is 2.50. The summed E-state index contributed by atoms with van der Waals surface area (Å²) in [6.45, 7) is 4.74. The van der Waals surface area contributed by atoms with Crippen molar-refractivity contribution in [2.24, 2.45) is 11.8 Å². The lowest BCUT2D eigenvalue weighted by molar-refractivity contribution is -0.205. The molecule has 0 aromatic rings. The first kappa shape index (κ1) is 20.3. The average Bonchev–Trinajstić information content (AvgIpc) is 2.94. The van der Waals surface area contributed by atoms with Gasteiger partial charge in [-0.15, -0.1) is 5.06 Å². The number of unbranched alkanes of at least 4 members (excludes halogenated alkanes) is 1. The monoisotopic (exact) mass is 393 g/mol. The lowest BCUT2D eigenvalue weighted by Crippen LogP contribution is -2.57. The number of hydroxylamine groups is 4. The van der Waals surface area contributed by atoms with E-state index < -0.39 is 41.7 Å².